The van der Waals surface area contributed by atoms with Gasteiger partial charge in [-0.1, -0.05) is 51.0 Å². The van der Waals surface area contributed by atoms with E-state index in [2.05, 4.69) is 38.1 Å². The molecule has 0 aromatic heterocycles. The largest absolute Gasteiger partial charge is 0.494 e. The first kappa shape index (κ1) is 21.2. The second-order valence-corrected chi connectivity index (χ2v) is 8.21. The van der Waals surface area contributed by atoms with Crippen LogP contribution in [0.1, 0.15) is 66.6 Å². The summed E-state index contributed by atoms with van der Waals surface area (Å²) in [4.78, 5) is 12.6. The molecule has 3 aromatic rings. The van der Waals surface area contributed by atoms with Crippen LogP contribution < -0.4 is 9.47 Å². The van der Waals surface area contributed by atoms with Crippen molar-refractivity contribution >= 4 is 5.97 Å². The lowest BCUT2D eigenvalue weighted by molar-refractivity contribution is 0.0734. The molecule has 4 rings (SSSR count). The minimum Gasteiger partial charge on any atom is -0.494 e. The van der Waals surface area contributed by atoms with E-state index in [1.807, 2.05) is 24.3 Å². The Kier molecular flexibility index (Phi) is 6.71. The number of rotatable bonds is 9. The second kappa shape index (κ2) is 9.82. The Bertz CT molecular complexity index is 1050. The molecule has 31 heavy (non-hydrogen) atoms. The average Bonchev–Trinajstić information content (AvgIpc) is 3.15. The van der Waals surface area contributed by atoms with E-state index in [4.69, 9.17) is 9.47 Å². The van der Waals surface area contributed by atoms with Crippen molar-refractivity contribution < 1.29 is 14.3 Å². The number of hydrogen-bond donors (Lipinski definition) is 0. The zero-order valence-corrected chi connectivity index (χ0v) is 18.4. The summed E-state index contributed by atoms with van der Waals surface area (Å²) in [6.07, 6.45) is 6.75. The third kappa shape index (κ3) is 4.99. The van der Waals surface area contributed by atoms with Crippen LogP contribution in [0.15, 0.2) is 60.7 Å². The van der Waals surface area contributed by atoms with Crippen LogP contribution in [0.25, 0.3) is 11.1 Å². The molecule has 0 saturated heterocycles. The van der Waals surface area contributed by atoms with Crippen LogP contribution in [0.3, 0.4) is 0 Å². The maximum atomic E-state index is 12.6. The number of aryl methyl sites for hydroxylation is 1. The minimum atomic E-state index is -0.351. The van der Waals surface area contributed by atoms with Gasteiger partial charge >= 0.3 is 5.97 Å². The fraction of sp³-hybridized carbons (Fsp3) is 0.321. The summed E-state index contributed by atoms with van der Waals surface area (Å²) in [6, 6.07) is 19.9. The molecule has 3 aromatic carbocycles. The Hall–Kier alpha value is -3.07. The zero-order valence-electron chi connectivity index (χ0n) is 18.4. The number of unbranched alkanes of at least 4 members (excludes halogenated alkanes) is 2. The van der Waals surface area contributed by atoms with E-state index in [9.17, 15) is 4.79 Å². The Morgan fingerprint density at radius 1 is 0.806 bits per heavy atom. The van der Waals surface area contributed by atoms with Crippen LogP contribution in [-0.4, -0.2) is 12.6 Å². The Morgan fingerprint density at radius 2 is 1.52 bits per heavy atom. The monoisotopic (exact) mass is 414 g/mol. The van der Waals surface area contributed by atoms with E-state index in [0.717, 1.165) is 25.0 Å². The van der Waals surface area contributed by atoms with Crippen LogP contribution in [0.2, 0.25) is 0 Å². The predicted octanol–water partition coefficient (Wildman–Crippen LogP) is 7.00. The van der Waals surface area contributed by atoms with E-state index >= 15 is 0 Å². The molecular formula is C28H30O3. The van der Waals surface area contributed by atoms with E-state index in [0.29, 0.717) is 17.9 Å². The molecule has 3 heteroatoms. The standard InChI is InChI=1S/C28H30O3/c1-3-5-6-7-20-8-14-26-22(17-20)18-23-19-25(13-15-27(23)26)31-28(29)21-9-11-24(12-10-21)30-16-4-2/h8-15,17,19H,3-7,16,18H2,1-2H3. The molecule has 0 atom stereocenters. The van der Waals surface area contributed by atoms with Crippen LogP contribution in [-0.2, 0) is 12.8 Å². The second-order valence-electron chi connectivity index (χ2n) is 8.21. The molecule has 0 saturated carbocycles. The predicted molar refractivity (Wildman–Crippen MR) is 125 cm³/mol. The van der Waals surface area contributed by atoms with Crippen molar-refractivity contribution in [2.75, 3.05) is 6.61 Å². The van der Waals surface area contributed by atoms with Crippen LogP contribution in [0, 0.1) is 0 Å². The number of carbonyl (C=O) groups excluding carboxylic acids is 1. The molecule has 0 unspecified atom stereocenters. The average molecular weight is 415 g/mol. The van der Waals surface area contributed by atoms with Gasteiger partial charge in [0, 0.05) is 0 Å². The summed E-state index contributed by atoms with van der Waals surface area (Å²) in [5.74, 6) is 1.00. The van der Waals surface area contributed by atoms with Crippen molar-refractivity contribution in [2.45, 2.75) is 52.4 Å². The van der Waals surface area contributed by atoms with Crippen molar-refractivity contribution in [1.29, 1.82) is 0 Å². The smallest absolute Gasteiger partial charge is 0.343 e. The first-order valence-corrected chi connectivity index (χ1v) is 11.4. The molecular weight excluding hydrogens is 384 g/mol. The molecule has 1 aliphatic rings. The van der Waals surface area contributed by atoms with E-state index in [-0.39, 0.29) is 5.97 Å². The summed E-state index contributed by atoms with van der Waals surface area (Å²) >= 11 is 0. The van der Waals surface area contributed by atoms with Crippen molar-refractivity contribution in [3.63, 3.8) is 0 Å². The molecule has 0 heterocycles. The minimum absolute atomic E-state index is 0.351. The number of fused-ring (bicyclic) bond motifs is 3. The fourth-order valence-corrected chi connectivity index (χ4v) is 4.11. The van der Waals surface area contributed by atoms with Gasteiger partial charge < -0.3 is 9.47 Å². The molecule has 0 bridgehead atoms. The fourth-order valence-electron chi connectivity index (χ4n) is 4.11. The van der Waals surface area contributed by atoms with Gasteiger partial charge in [0.2, 0.25) is 0 Å². The number of ether oxygens (including phenoxy) is 2. The van der Waals surface area contributed by atoms with Gasteiger partial charge in [-0.05, 0) is 89.9 Å². The molecule has 0 spiro atoms. The number of hydrogen-bond acceptors (Lipinski definition) is 3. The summed E-state index contributed by atoms with van der Waals surface area (Å²) in [6.45, 7) is 4.97. The number of carbonyl (C=O) groups is 1. The molecule has 0 N–H and O–H groups in total. The van der Waals surface area contributed by atoms with E-state index < -0.39 is 0 Å². The van der Waals surface area contributed by atoms with Crippen molar-refractivity contribution in [3.05, 3.63) is 82.9 Å². The summed E-state index contributed by atoms with van der Waals surface area (Å²) in [5, 5.41) is 0. The Morgan fingerprint density at radius 3 is 2.26 bits per heavy atom. The SMILES string of the molecule is CCCCCc1ccc2c(c1)Cc1cc(OC(=O)c3ccc(OCCC)cc3)ccc1-2. The van der Waals surface area contributed by atoms with Gasteiger partial charge in [0.25, 0.3) is 0 Å². The van der Waals surface area contributed by atoms with Crippen molar-refractivity contribution in [3.8, 4) is 22.6 Å². The molecule has 0 radical (unpaired) electrons. The van der Waals surface area contributed by atoms with Crippen LogP contribution in [0.5, 0.6) is 11.5 Å². The summed E-state index contributed by atoms with van der Waals surface area (Å²) < 4.78 is 11.2. The maximum Gasteiger partial charge on any atom is 0.343 e. The third-order valence-corrected chi connectivity index (χ3v) is 5.76. The van der Waals surface area contributed by atoms with E-state index in [1.165, 1.54) is 47.1 Å². The highest BCUT2D eigenvalue weighted by Crippen LogP contribution is 2.39. The van der Waals surface area contributed by atoms with Gasteiger partial charge in [-0.2, -0.15) is 0 Å². The molecule has 160 valence electrons. The maximum absolute atomic E-state index is 12.6. The van der Waals surface area contributed by atoms with Gasteiger partial charge in [-0.15, -0.1) is 0 Å². The molecule has 3 nitrogen and oxygen atoms in total. The van der Waals surface area contributed by atoms with E-state index in [1.54, 1.807) is 12.1 Å². The zero-order chi connectivity index (χ0) is 21.6. The van der Waals surface area contributed by atoms with Crippen LogP contribution in [0.4, 0.5) is 0 Å². The van der Waals surface area contributed by atoms with Gasteiger partial charge in [0.1, 0.15) is 11.5 Å². The first-order chi connectivity index (χ1) is 15.2. The number of esters is 1. The lowest BCUT2D eigenvalue weighted by Gasteiger charge is -2.08. The van der Waals surface area contributed by atoms with Gasteiger partial charge in [-0.3, -0.25) is 0 Å². The lowest BCUT2D eigenvalue weighted by atomic mass is 10.0. The van der Waals surface area contributed by atoms with Gasteiger partial charge in [-0.25, -0.2) is 4.79 Å². The Balaban J connectivity index is 1.43. The topological polar surface area (TPSA) is 35.5 Å². The quantitative estimate of drug-likeness (QED) is 0.168. The molecule has 0 amide bonds. The highest BCUT2D eigenvalue weighted by Gasteiger charge is 2.20. The lowest BCUT2D eigenvalue weighted by Crippen LogP contribution is -2.08. The molecule has 1 aliphatic carbocycles. The van der Waals surface area contributed by atoms with Crippen LogP contribution >= 0.6 is 0 Å². The number of benzene rings is 3. The highest BCUT2D eigenvalue weighted by atomic mass is 16.5. The van der Waals surface area contributed by atoms with Gasteiger partial charge in [0.15, 0.2) is 0 Å². The molecule has 0 aliphatic heterocycles. The summed E-state index contributed by atoms with van der Waals surface area (Å²) in [5.41, 5.74) is 7.06. The highest BCUT2D eigenvalue weighted by molar-refractivity contribution is 5.91. The van der Waals surface area contributed by atoms with Crippen molar-refractivity contribution in [1.82, 2.24) is 0 Å². The Labute approximate surface area is 185 Å². The van der Waals surface area contributed by atoms with Crippen molar-refractivity contribution in [2.24, 2.45) is 0 Å². The van der Waals surface area contributed by atoms with Gasteiger partial charge in [0.05, 0.1) is 12.2 Å². The third-order valence-electron chi connectivity index (χ3n) is 5.76. The molecule has 0 fully saturated rings. The summed E-state index contributed by atoms with van der Waals surface area (Å²) in [7, 11) is 0. The normalized spacial score (nSPS) is 11.7. The first-order valence-electron chi connectivity index (χ1n) is 11.4.